The zero-order valence-electron chi connectivity index (χ0n) is 13.4. The van der Waals surface area contributed by atoms with Gasteiger partial charge in [-0.2, -0.15) is 5.10 Å². The molecule has 3 rings (SSSR count). The van der Waals surface area contributed by atoms with Gasteiger partial charge < -0.3 is 9.72 Å². The van der Waals surface area contributed by atoms with E-state index < -0.39 is 5.97 Å². The van der Waals surface area contributed by atoms with Crippen LogP contribution in [-0.4, -0.2) is 33.2 Å². The van der Waals surface area contributed by atoms with E-state index in [2.05, 4.69) is 10.1 Å². The molecule has 0 saturated heterocycles. The van der Waals surface area contributed by atoms with Crippen molar-refractivity contribution in [2.75, 3.05) is 6.61 Å². The number of nitrogens with one attached hydrogen (secondary N) is 1. The summed E-state index contributed by atoms with van der Waals surface area (Å²) in [5.41, 5.74) is 2.57. The van der Waals surface area contributed by atoms with Crippen LogP contribution in [0.15, 0.2) is 48.8 Å². The van der Waals surface area contributed by atoms with Gasteiger partial charge in [0.05, 0.1) is 12.2 Å². The van der Waals surface area contributed by atoms with Gasteiger partial charge in [0.25, 0.3) is 5.91 Å². The molecule has 1 N–H and O–H groups in total. The molecule has 0 fully saturated rings. The Morgan fingerprint density at radius 2 is 1.96 bits per heavy atom. The highest BCUT2D eigenvalue weighted by Gasteiger charge is 2.27. The average molecular weight is 323 g/mol. The van der Waals surface area contributed by atoms with Gasteiger partial charge in [0.2, 0.25) is 0 Å². The number of aryl methyl sites for hydroxylation is 1. The summed E-state index contributed by atoms with van der Waals surface area (Å²) >= 11 is 0. The minimum Gasteiger partial charge on any atom is -0.462 e. The predicted octanol–water partition coefficient (Wildman–Crippen LogP) is 3.05. The van der Waals surface area contributed by atoms with E-state index in [0.29, 0.717) is 22.5 Å². The van der Waals surface area contributed by atoms with Crippen LogP contribution in [0.4, 0.5) is 0 Å². The first kappa shape index (κ1) is 15.7. The Balaban J connectivity index is 2.21. The van der Waals surface area contributed by atoms with E-state index in [0.717, 1.165) is 5.56 Å². The number of esters is 1. The Bertz CT molecular complexity index is 865. The van der Waals surface area contributed by atoms with Gasteiger partial charge in [-0.15, -0.1) is 0 Å². The van der Waals surface area contributed by atoms with Crippen LogP contribution in [0.3, 0.4) is 0 Å². The van der Waals surface area contributed by atoms with Crippen molar-refractivity contribution in [3.8, 4) is 11.1 Å². The molecule has 3 aromatic rings. The number of rotatable bonds is 4. The number of nitrogens with zero attached hydrogens (tertiary/aromatic N) is 2. The summed E-state index contributed by atoms with van der Waals surface area (Å²) < 4.78 is 6.39. The first-order valence-electron chi connectivity index (χ1n) is 7.63. The predicted molar refractivity (Wildman–Crippen MR) is 88.9 cm³/mol. The molecule has 6 heteroatoms. The number of ether oxygens (including phenoxy) is 1. The highest BCUT2D eigenvalue weighted by Crippen LogP contribution is 2.31. The molecule has 6 nitrogen and oxygen atoms in total. The highest BCUT2D eigenvalue weighted by atomic mass is 16.5. The van der Waals surface area contributed by atoms with Crippen molar-refractivity contribution in [3.05, 3.63) is 65.7 Å². The van der Waals surface area contributed by atoms with Crippen molar-refractivity contribution >= 4 is 11.9 Å². The van der Waals surface area contributed by atoms with Crippen LogP contribution < -0.4 is 0 Å². The van der Waals surface area contributed by atoms with Gasteiger partial charge >= 0.3 is 5.97 Å². The van der Waals surface area contributed by atoms with Crippen LogP contribution >= 0.6 is 0 Å². The lowest BCUT2D eigenvalue weighted by Crippen LogP contribution is -2.14. The molecule has 0 unspecified atom stereocenters. The second-order valence-corrected chi connectivity index (χ2v) is 5.22. The highest BCUT2D eigenvalue weighted by molar-refractivity contribution is 6.08. The van der Waals surface area contributed by atoms with E-state index >= 15 is 0 Å². The van der Waals surface area contributed by atoms with Gasteiger partial charge in [-0.3, -0.25) is 4.79 Å². The second-order valence-electron chi connectivity index (χ2n) is 5.22. The Kier molecular flexibility index (Phi) is 4.29. The first-order valence-corrected chi connectivity index (χ1v) is 7.63. The summed E-state index contributed by atoms with van der Waals surface area (Å²) in [4.78, 5) is 28.2. The first-order chi connectivity index (χ1) is 11.6. The Morgan fingerprint density at radius 3 is 2.58 bits per heavy atom. The zero-order chi connectivity index (χ0) is 17.1. The molecular formula is C18H17N3O3. The number of aromatic amines is 1. The van der Waals surface area contributed by atoms with Crippen molar-refractivity contribution in [3.63, 3.8) is 0 Å². The molecule has 0 aliphatic rings. The molecule has 122 valence electrons. The fraction of sp³-hybridized carbons (Fsp3) is 0.167. The molecule has 0 radical (unpaired) electrons. The normalized spacial score (nSPS) is 10.6. The van der Waals surface area contributed by atoms with Gasteiger partial charge in [0.15, 0.2) is 0 Å². The van der Waals surface area contributed by atoms with Crippen molar-refractivity contribution in [2.24, 2.45) is 0 Å². The van der Waals surface area contributed by atoms with Crippen molar-refractivity contribution < 1.29 is 14.3 Å². The van der Waals surface area contributed by atoms with Crippen molar-refractivity contribution in [1.82, 2.24) is 14.8 Å². The van der Waals surface area contributed by atoms with E-state index in [1.54, 1.807) is 26.1 Å². The molecule has 1 aromatic carbocycles. The molecule has 0 saturated carbocycles. The standard InChI is InChI=1S/C18H17N3O3/c1-3-24-18(23)14-12(2)20-16(17(22)21-11-7-10-19-21)15(14)13-8-5-4-6-9-13/h4-11,20H,3H2,1-2H3. The third-order valence-electron chi connectivity index (χ3n) is 3.66. The Labute approximate surface area is 139 Å². The lowest BCUT2D eigenvalue weighted by molar-refractivity contribution is 0.0526. The number of H-pyrrole nitrogens is 1. The molecule has 0 aliphatic carbocycles. The molecule has 24 heavy (non-hydrogen) atoms. The van der Waals surface area contributed by atoms with Gasteiger partial charge in [0.1, 0.15) is 5.69 Å². The molecule has 0 spiro atoms. The summed E-state index contributed by atoms with van der Waals surface area (Å²) in [6, 6.07) is 11.0. The van der Waals surface area contributed by atoms with Crippen LogP contribution in [0.5, 0.6) is 0 Å². The van der Waals surface area contributed by atoms with Gasteiger partial charge in [0, 0.05) is 23.7 Å². The largest absolute Gasteiger partial charge is 0.462 e. The molecule has 2 aromatic heterocycles. The van der Waals surface area contributed by atoms with E-state index in [-0.39, 0.29) is 12.5 Å². The summed E-state index contributed by atoms with van der Waals surface area (Å²) in [7, 11) is 0. The van der Waals surface area contributed by atoms with Crippen LogP contribution in [0, 0.1) is 6.92 Å². The topological polar surface area (TPSA) is 77.0 Å². The fourth-order valence-corrected chi connectivity index (χ4v) is 2.64. The molecule has 0 aliphatic heterocycles. The van der Waals surface area contributed by atoms with Crippen molar-refractivity contribution in [2.45, 2.75) is 13.8 Å². The maximum atomic E-state index is 12.8. The lowest BCUT2D eigenvalue weighted by Gasteiger charge is -2.07. The number of carbonyl (C=O) groups is 2. The Morgan fingerprint density at radius 1 is 1.21 bits per heavy atom. The number of aromatic nitrogens is 3. The van der Waals surface area contributed by atoms with Gasteiger partial charge in [-0.1, -0.05) is 30.3 Å². The van der Waals surface area contributed by atoms with Crippen LogP contribution in [0.25, 0.3) is 11.1 Å². The molecular weight excluding hydrogens is 306 g/mol. The molecule has 0 bridgehead atoms. The number of benzene rings is 1. The second kappa shape index (κ2) is 6.54. The SMILES string of the molecule is CCOC(=O)c1c(C)[nH]c(C(=O)n2cccn2)c1-c1ccccc1. The smallest absolute Gasteiger partial charge is 0.340 e. The summed E-state index contributed by atoms with van der Waals surface area (Å²) in [5, 5.41) is 3.98. The van der Waals surface area contributed by atoms with E-state index in [1.807, 2.05) is 30.3 Å². The van der Waals surface area contributed by atoms with Crippen LogP contribution in [0.2, 0.25) is 0 Å². The third-order valence-corrected chi connectivity index (χ3v) is 3.66. The number of hydrogen-bond acceptors (Lipinski definition) is 4. The summed E-state index contributed by atoms with van der Waals surface area (Å²) in [5.74, 6) is -0.790. The minimum atomic E-state index is -0.454. The summed E-state index contributed by atoms with van der Waals surface area (Å²) in [6.07, 6.45) is 3.10. The van der Waals surface area contributed by atoms with E-state index in [1.165, 1.54) is 10.9 Å². The fourth-order valence-electron chi connectivity index (χ4n) is 2.64. The Hall–Kier alpha value is -3.15. The molecule has 0 amide bonds. The average Bonchev–Trinajstić information content (AvgIpc) is 3.23. The van der Waals surface area contributed by atoms with Crippen LogP contribution in [0.1, 0.15) is 33.5 Å². The van der Waals surface area contributed by atoms with Crippen LogP contribution in [-0.2, 0) is 4.74 Å². The molecule has 2 heterocycles. The summed E-state index contributed by atoms with van der Waals surface area (Å²) in [6.45, 7) is 3.76. The van der Waals surface area contributed by atoms with Gasteiger partial charge in [-0.05, 0) is 25.5 Å². The zero-order valence-corrected chi connectivity index (χ0v) is 13.4. The maximum absolute atomic E-state index is 12.8. The quantitative estimate of drug-likeness (QED) is 0.749. The number of carbonyl (C=O) groups excluding carboxylic acids is 2. The van der Waals surface area contributed by atoms with E-state index in [9.17, 15) is 9.59 Å². The minimum absolute atomic E-state index is 0.264. The molecule has 0 atom stereocenters. The van der Waals surface area contributed by atoms with Gasteiger partial charge in [-0.25, -0.2) is 9.48 Å². The monoisotopic (exact) mass is 323 g/mol. The van der Waals surface area contributed by atoms with E-state index in [4.69, 9.17) is 4.74 Å². The maximum Gasteiger partial charge on any atom is 0.340 e. The third kappa shape index (κ3) is 2.74. The van der Waals surface area contributed by atoms with Crippen molar-refractivity contribution in [1.29, 1.82) is 0 Å². The lowest BCUT2D eigenvalue weighted by atomic mass is 10.00. The number of hydrogen-bond donors (Lipinski definition) is 1.